The van der Waals surface area contributed by atoms with E-state index in [2.05, 4.69) is 5.10 Å². The van der Waals surface area contributed by atoms with Crippen molar-refractivity contribution in [2.75, 3.05) is 13.2 Å². The van der Waals surface area contributed by atoms with Crippen molar-refractivity contribution in [3.63, 3.8) is 0 Å². The predicted octanol–water partition coefficient (Wildman–Crippen LogP) is 3.49. The van der Waals surface area contributed by atoms with Gasteiger partial charge in [-0.25, -0.2) is 13.1 Å². The smallest absolute Gasteiger partial charge is 0.246 e. The fraction of sp³-hybridized carbons (Fsp3) is 0.571. The van der Waals surface area contributed by atoms with Crippen molar-refractivity contribution in [2.45, 2.75) is 69.2 Å². The first-order valence-electron chi connectivity index (χ1n) is 10.0. The summed E-state index contributed by atoms with van der Waals surface area (Å²) in [5.74, 6) is 0. The van der Waals surface area contributed by atoms with Crippen molar-refractivity contribution in [3.8, 4) is 5.69 Å². The molecule has 1 N–H and O–H groups in total. The number of aliphatic hydroxyl groups excluding tert-OH is 1. The quantitative estimate of drug-likeness (QED) is 0.798. The first-order chi connectivity index (χ1) is 13.2. The van der Waals surface area contributed by atoms with Crippen LogP contribution in [-0.4, -0.2) is 46.8 Å². The van der Waals surface area contributed by atoms with Gasteiger partial charge in [0, 0.05) is 18.0 Å². The minimum Gasteiger partial charge on any atom is -0.395 e. The molecule has 7 heteroatoms. The molecular weight excluding hydrogens is 374 g/mol. The molecule has 1 aliphatic carbocycles. The molecule has 6 nitrogen and oxygen atoms in total. The van der Waals surface area contributed by atoms with Gasteiger partial charge in [0.25, 0.3) is 0 Å². The second kappa shape index (κ2) is 8.35. The third-order valence-corrected chi connectivity index (χ3v) is 7.25. The second-order valence-corrected chi connectivity index (χ2v) is 10.4. The van der Waals surface area contributed by atoms with E-state index >= 15 is 0 Å². The SMILES string of the molecule is CC(C)(C)c1nn(-c2ccccc2)cc1S(=O)(=O)N(CCO)C1CCCCC1. The number of aliphatic hydroxyl groups is 1. The molecule has 1 saturated carbocycles. The lowest BCUT2D eigenvalue weighted by molar-refractivity contribution is 0.199. The third-order valence-electron chi connectivity index (χ3n) is 5.30. The summed E-state index contributed by atoms with van der Waals surface area (Å²) in [5.41, 5.74) is 0.941. The Labute approximate surface area is 168 Å². The number of benzene rings is 1. The maximum absolute atomic E-state index is 13.7. The Morgan fingerprint density at radius 2 is 1.79 bits per heavy atom. The zero-order valence-electron chi connectivity index (χ0n) is 17.0. The fourth-order valence-corrected chi connectivity index (χ4v) is 5.87. The average molecular weight is 406 g/mol. The van der Waals surface area contributed by atoms with E-state index in [-0.39, 0.29) is 24.1 Å². The largest absolute Gasteiger partial charge is 0.395 e. The molecule has 0 radical (unpaired) electrons. The molecule has 1 heterocycles. The molecule has 3 rings (SSSR count). The van der Waals surface area contributed by atoms with Gasteiger partial charge in [-0.3, -0.25) is 0 Å². The van der Waals surface area contributed by atoms with Crippen LogP contribution in [0.2, 0.25) is 0 Å². The Morgan fingerprint density at radius 3 is 2.36 bits per heavy atom. The summed E-state index contributed by atoms with van der Waals surface area (Å²) < 4.78 is 30.5. The van der Waals surface area contributed by atoms with Crippen molar-refractivity contribution in [2.24, 2.45) is 0 Å². The van der Waals surface area contributed by atoms with Gasteiger partial charge >= 0.3 is 0 Å². The number of para-hydroxylation sites is 1. The minimum atomic E-state index is -3.77. The third kappa shape index (κ3) is 4.31. The van der Waals surface area contributed by atoms with Crippen LogP contribution in [0.3, 0.4) is 0 Å². The van der Waals surface area contributed by atoms with Crippen molar-refractivity contribution < 1.29 is 13.5 Å². The molecular formula is C21H31N3O3S. The number of nitrogens with zero attached hydrogens (tertiary/aromatic N) is 3. The van der Waals surface area contributed by atoms with Gasteiger partial charge < -0.3 is 5.11 Å². The highest BCUT2D eigenvalue weighted by Gasteiger charge is 2.37. The van der Waals surface area contributed by atoms with Crippen LogP contribution in [0.15, 0.2) is 41.4 Å². The molecule has 28 heavy (non-hydrogen) atoms. The Morgan fingerprint density at radius 1 is 1.14 bits per heavy atom. The Kier molecular flexibility index (Phi) is 6.27. The number of hydrogen-bond donors (Lipinski definition) is 1. The summed E-state index contributed by atoms with van der Waals surface area (Å²) in [5, 5.41) is 14.2. The highest BCUT2D eigenvalue weighted by Crippen LogP contribution is 2.33. The molecule has 154 valence electrons. The molecule has 1 fully saturated rings. The number of hydrogen-bond acceptors (Lipinski definition) is 4. The zero-order chi connectivity index (χ0) is 20.4. The van der Waals surface area contributed by atoms with E-state index in [9.17, 15) is 13.5 Å². The molecule has 0 aliphatic heterocycles. The maximum Gasteiger partial charge on any atom is 0.246 e. The zero-order valence-corrected chi connectivity index (χ0v) is 17.8. The summed E-state index contributed by atoms with van der Waals surface area (Å²) >= 11 is 0. The van der Waals surface area contributed by atoms with Crippen LogP contribution in [0.5, 0.6) is 0 Å². The van der Waals surface area contributed by atoms with Crippen LogP contribution >= 0.6 is 0 Å². The van der Waals surface area contributed by atoms with E-state index in [1.165, 1.54) is 4.31 Å². The van der Waals surface area contributed by atoms with Gasteiger partial charge in [-0.2, -0.15) is 9.40 Å². The molecule has 0 saturated heterocycles. The standard InChI is InChI=1S/C21H31N3O3S/c1-21(2,3)20-19(16-23(22-20)17-10-6-4-7-11-17)28(26,27)24(14-15-25)18-12-8-5-9-13-18/h4,6-7,10-11,16,18,25H,5,8-9,12-15H2,1-3H3. The lowest BCUT2D eigenvalue weighted by Crippen LogP contribution is -2.43. The summed E-state index contributed by atoms with van der Waals surface area (Å²) in [6.45, 7) is 5.85. The number of rotatable bonds is 6. The topological polar surface area (TPSA) is 75.4 Å². The molecule has 0 unspecified atom stereocenters. The number of sulfonamides is 1. The Hall–Kier alpha value is -1.70. The highest BCUT2D eigenvalue weighted by atomic mass is 32.2. The molecule has 0 bridgehead atoms. The van der Waals surface area contributed by atoms with Crippen LogP contribution in [0.1, 0.15) is 58.6 Å². The lowest BCUT2D eigenvalue weighted by atomic mass is 9.92. The van der Waals surface area contributed by atoms with Gasteiger partial charge in [0.1, 0.15) is 4.90 Å². The molecule has 0 spiro atoms. The summed E-state index contributed by atoms with van der Waals surface area (Å²) in [6, 6.07) is 9.48. The number of aromatic nitrogens is 2. The van der Waals surface area contributed by atoms with E-state index in [0.717, 1.165) is 37.8 Å². The summed E-state index contributed by atoms with van der Waals surface area (Å²) in [6.07, 6.45) is 6.50. The summed E-state index contributed by atoms with van der Waals surface area (Å²) in [4.78, 5) is 0.239. The van der Waals surface area contributed by atoms with Crippen molar-refractivity contribution in [1.82, 2.24) is 14.1 Å². The Balaban J connectivity index is 2.09. The normalized spacial score (nSPS) is 16.6. The highest BCUT2D eigenvalue weighted by molar-refractivity contribution is 7.89. The van der Waals surface area contributed by atoms with E-state index in [0.29, 0.717) is 5.69 Å². The van der Waals surface area contributed by atoms with Crippen LogP contribution in [0, 0.1) is 0 Å². The molecule has 1 aliphatic rings. The van der Waals surface area contributed by atoms with Gasteiger partial charge in [-0.05, 0) is 25.0 Å². The fourth-order valence-electron chi connectivity index (χ4n) is 3.87. The average Bonchev–Trinajstić information content (AvgIpc) is 3.14. The van der Waals surface area contributed by atoms with Gasteiger partial charge in [0.2, 0.25) is 10.0 Å². The second-order valence-electron chi connectivity index (χ2n) is 8.50. The van der Waals surface area contributed by atoms with E-state index in [1.807, 2.05) is 51.1 Å². The van der Waals surface area contributed by atoms with Crippen molar-refractivity contribution in [1.29, 1.82) is 0 Å². The Bertz CT molecular complexity index is 879. The van der Waals surface area contributed by atoms with Crippen molar-refractivity contribution in [3.05, 3.63) is 42.2 Å². The minimum absolute atomic E-state index is 0.0567. The van der Waals surface area contributed by atoms with Gasteiger partial charge in [0.05, 0.1) is 24.2 Å². The first-order valence-corrected chi connectivity index (χ1v) is 11.5. The molecule has 2 aromatic rings. The van der Waals surface area contributed by atoms with Crippen LogP contribution in [-0.2, 0) is 15.4 Å². The van der Waals surface area contributed by atoms with E-state index in [1.54, 1.807) is 10.9 Å². The van der Waals surface area contributed by atoms with Gasteiger partial charge in [-0.15, -0.1) is 0 Å². The van der Waals surface area contributed by atoms with Gasteiger partial charge in [0.15, 0.2) is 0 Å². The van der Waals surface area contributed by atoms with Crippen LogP contribution in [0.25, 0.3) is 5.69 Å². The van der Waals surface area contributed by atoms with E-state index in [4.69, 9.17) is 0 Å². The van der Waals surface area contributed by atoms with E-state index < -0.39 is 15.4 Å². The molecule has 0 atom stereocenters. The molecule has 1 aromatic carbocycles. The molecule has 0 amide bonds. The maximum atomic E-state index is 13.7. The van der Waals surface area contributed by atoms with Crippen LogP contribution < -0.4 is 0 Å². The van der Waals surface area contributed by atoms with Crippen molar-refractivity contribution >= 4 is 10.0 Å². The summed E-state index contributed by atoms with van der Waals surface area (Å²) in [7, 11) is -3.77. The molecule has 1 aromatic heterocycles. The first kappa shape index (κ1) is 21.0. The lowest BCUT2D eigenvalue weighted by Gasteiger charge is -2.33. The van der Waals surface area contributed by atoms with Crippen LogP contribution in [0.4, 0.5) is 0 Å². The van der Waals surface area contributed by atoms with Gasteiger partial charge in [-0.1, -0.05) is 58.2 Å². The monoisotopic (exact) mass is 405 g/mol. The predicted molar refractivity (Wildman–Crippen MR) is 110 cm³/mol.